The normalized spacial score (nSPS) is 14.2. The van der Waals surface area contributed by atoms with Crippen LogP contribution < -0.4 is 4.74 Å². The second-order valence-electron chi connectivity index (χ2n) is 6.35. The summed E-state index contributed by atoms with van der Waals surface area (Å²) in [6.07, 6.45) is 1.55. The number of halogens is 1. The summed E-state index contributed by atoms with van der Waals surface area (Å²) in [5.74, 6) is 0.703. The molecule has 142 valence electrons. The third-order valence-corrected chi connectivity index (χ3v) is 4.62. The summed E-state index contributed by atoms with van der Waals surface area (Å²) in [7, 11) is 0. The Bertz CT molecular complexity index is 642. The molecule has 0 atom stereocenters. The summed E-state index contributed by atoms with van der Waals surface area (Å²) < 4.78 is 5.59. The average molecular weight is 381 g/mol. The van der Waals surface area contributed by atoms with Gasteiger partial charge in [-0.15, -0.1) is 0 Å². The van der Waals surface area contributed by atoms with Crippen LogP contribution in [-0.4, -0.2) is 60.2 Å². The molecule has 26 heavy (non-hydrogen) atoms. The van der Waals surface area contributed by atoms with Crippen molar-refractivity contribution in [2.24, 2.45) is 0 Å². The highest BCUT2D eigenvalue weighted by atomic mass is 35.5. The van der Waals surface area contributed by atoms with E-state index < -0.39 is 0 Å². The number of hydrogen-bond donors (Lipinski definition) is 0. The molecule has 0 bridgehead atoms. The van der Waals surface area contributed by atoms with E-state index in [1.807, 2.05) is 12.1 Å². The zero-order valence-electron chi connectivity index (χ0n) is 15.1. The van der Waals surface area contributed by atoms with Crippen LogP contribution in [0.15, 0.2) is 24.3 Å². The van der Waals surface area contributed by atoms with Crippen molar-refractivity contribution in [2.45, 2.75) is 32.6 Å². The van der Waals surface area contributed by atoms with Crippen molar-refractivity contribution < 1.29 is 19.1 Å². The SMILES string of the molecule is CC(=O)CCC(=O)N1CCN(C(=O)CCCOc2ccccc2Cl)CC1. The lowest BCUT2D eigenvalue weighted by Crippen LogP contribution is -2.50. The van der Waals surface area contributed by atoms with Gasteiger partial charge in [-0.2, -0.15) is 0 Å². The predicted octanol–water partition coefficient (Wildman–Crippen LogP) is 2.54. The Hall–Kier alpha value is -2.08. The van der Waals surface area contributed by atoms with E-state index in [2.05, 4.69) is 0 Å². The second kappa shape index (κ2) is 10.2. The van der Waals surface area contributed by atoms with Crippen LogP contribution in [0.3, 0.4) is 0 Å². The highest BCUT2D eigenvalue weighted by Crippen LogP contribution is 2.23. The first-order chi connectivity index (χ1) is 12.5. The van der Waals surface area contributed by atoms with Crippen molar-refractivity contribution in [3.63, 3.8) is 0 Å². The van der Waals surface area contributed by atoms with E-state index in [0.717, 1.165) is 0 Å². The molecule has 0 aromatic heterocycles. The maximum absolute atomic E-state index is 12.3. The maximum atomic E-state index is 12.3. The molecule has 1 aromatic rings. The number of carbonyl (C=O) groups is 3. The van der Waals surface area contributed by atoms with Gasteiger partial charge in [0.2, 0.25) is 11.8 Å². The first kappa shape index (κ1) is 20.2. The number of ether oxygens (including phenoxy) is 1. The van der Waals surface area contributed by atoms with E-state index in [9.17, 15) is 14.4 Å². The van der Waals surface area contributed by atoms with Crippen LogP contribution in [0, 0.1) is 0 Å². The van der Waals surface area contributed by atoms with E-state index >= 15 is 0 Å². The Morgan fingerprint density at radius 3 is 2.12 bits per heavy atom. The molecule has 2 rings (SSSR count). The molecule has 0 spiro atoms. The van der Waals surface area contributed by atoms with Crippen LogP contribution in [0.2, 0.25) is 5.02 Å². The van der Waals surface area contributed by atoms with Crippen LogP contribution in [0.5, 0.6) is 5.75 Å². The van der Waals surface area contributed by atoms with Crippen LogP contribution in [-0.2, 0) is 14.4 Å². The lowest BCUT2D eigenvalue weighted by molar-refractivity contribution is -0.140. The number of Topliss-reactive ketones (excluding diaryl/α,β-unsaturated/α-hetero) is 1. The van der Waals surface area contributed by atoms with Gasteiger partial charge in [0, 0.05) is 45.4 Å². The van der Waals surface area contributed by atoms with Crippen LogP contribution in [0.1, 0.15) is 32.6 Å². The second-order valence-corrected chi connectivity index (χ2v) is 6.75. The predicted molar refractivity (Wildman–Crippen MR) is 99.3 cm³/mol. The minimum atomic E-state index is -0.0135. The van der Waals surface area contributed by atoms with Gasteiger partial charge in [-0.1, -0.05) is 23.7 Å². The van der Waals surface area contributed by atoms with Crippen molar-refractivity contribution in [1.82, 2.24) is 9.80 Å². The van der Waals surface area contributed by atoms with Crippen LogP contribution in [0.25, 0.3) is 0 Å². The van der Waals surface area contributed by atoms with E-state index in [4.69, 9.17) is 16.3 Å². The topological polar surface area (TPSA) is 66.9 Å². The number of rotatable bonds is 8. The number of carbonyl (C=O) groups excluding carboxylic acids is 3. The number of amides is 2. The minimum absolute atomic E-state index is 0.0135. The van der Waals surface area contributed by atoms with E-state index in [0.29, 0.717) is 56.4 Å². The molecular formula is C19H25ClN2O4. The van der Waals surface area contributed by atoms with Crippen molar-refractivity contribution >= 4 is 29.2 Å². The Kier molecular flexibility index (Phi) is 7.91. The maximum Gasteiger partial charge on any atom is 0.223 e. The first-order valence-electron chi connectivity index (χ1n) is 8.89. The van der Waals surface area contributed by atoms with Gasteiger partial charge in [0.15, 0.2) is 0 Å². The number of para-hydroxylation sites is 1. The molecular weight excluding hydrogens is 356 g/mol. The fraction of sp³-hybridized carbons (Fsp3) is 0.526. The van der Waals surface area contributed by atoms with Crippen LogP contribution >= 0.6 is 11.6 Å². The van der Waals surface area contributed by atoms with Gasteiger partial charge in [0.25, 0.3) is 0 Å². The van der Waals surface area contributed by atoms with Gasteiger partial charge in [0.1, 0.15) is 11.5 Å². The Morgan fingerprint density at radius 2 is 1.54 bits per heavy atom. The van der Waals surface area contributed by atoms with Gasteiger partial charge in [-0.05, 0) is 25.5 Å². The van der Waals surface area contributed by atoms with Gasteiger partial charge < -0.3 is 19.3 Å². The number of ketones is 1. The fourth-order valence-corrected chi connectivity index (χ4v) is 2.96. The fourth-order valence-electron chi connectivity index (χ4n) is 2.77. The largest absolute Gasteiger partial charge is 0.492 e. The lowest BCUT2D eigenvalue weighted by Gasteiger charge is -2.35. The molecule has 1 heterocycles. The van der Waals surface area contributed by atoms with Gasteiger partial charge in [-0.3, -0.25) is 9.59 Å². The number of benzene rings is 1. The third kappa shape index (κ3) is 6.33. The summed E-state index contributed by atoms with van der Waals surface area (Å²) in [6, 6.07) is 7.25. The molecule has 1 aromatic carbocycles. The van der Waals surface area contributed by atoms with Crippen molar-refractivity contribution in [2.75, 3.05) is 32.8 Å². The summed E-state index contributed by atoms with van der Waals surface area (Å²) >= 11 is 6.02. The molecule has 1 saturated heterocycles. The van der Waals surface area contributed by atoms with Gasteiger partial charge in [0.05, 0.1) is 11.6 Å². The van der Waals surface area contributed by atoms with Crippen LogP contribution in [0.4, 0.5) is 0 Å². The highest BCUT2D eigenvalue weighted by molar-refractivity contribution is 6.32. The molecule has 2 amide bonds. The number of nitrogens with zero attached hydrogens (tertiary/aromatic N) is 2. The minimum Gasteiger partial charge on any atom is -0.492 e. The number of hydrogen-bond acceptors (Lipinski definition) is 4. The average Bonchev–Trinajstić information content (AvgIpc) is 2.64. The molecule has 1 aliphatic rings. The summed E-state index contributed by atoms with van der Waals surface area (Å²) in [4.78, 5) is 38.7. The molecule has 6 nitrogen and oxygen atoms in total. The van der Waals surface area contributed by atoms with Crippen molar-refractivity contribution in [1.29, 1.82) is 0 Å². The Labute approximate surface area is 159 Å². The molecule has 0 aliphatic carbocycles. The van der Waals surface area contributed by atoms with E-state index in [-0.39, 0.29) is 30.4 Å². The highest BCUT2D eigenvalue weighted by Gasteiger charge is 2.23. The quantitative estimate of drug-likeness (QED) is 0.650. The molecule has 0 radical (unpaired) electrons. The standard InChI is InChI=1S/C19H25ClN2O4/c1-15(23)8-9-19(25)22-12-10-21(11-13-22)18(24)7-4-14-26-17-6-3-2-5-16(17)20/h2-3,5-6H,4,7-14H2,1H3. The van der Waals surface area contributed by atoms with Gasteiger partial charge >= 0.3 is 0 Å². The van der Waals surface area contributed by atoms with Gasteiger partial charge in [-0.25, -0.2) is 0 Å². The van der Waals surface area contributed by atoms with E-state index in [1.165, 1.54) is 6.92 Å². The Morgan fingerprint density at radius 1 is 0.962 bits per heavy atom. The molecule has 1 aliphatic heterocycles. The smallest absolute Gasteiger partial charge is 0.223 e. The molecule has 0 saturated carbocycles. The Balaban J connectivity index is 1.64. The molecule has 0 N–H and O–H groups in total. The van der Waals surface area contributed by atoms with E-state index in [1.54, 1.807) is 21.9 Å². The van der Waals surface area contributed by atoms with Crippen molar-refractivity contribution in [3.05, 3.63) is 29.3 Å². The monoisotopic (exact) mass is 380 g/mol. The molecule has 1 fully saturated rings. The summed E-state index contributed by atoms with van der Waals surface area (Å²) in [5.41, 5.74) is 0. The summed E-state index contributed by atoms with van der Waals surface area (Å²) in [5, 5.41) is 0.560. The first-order valence-corrected chi connectivity index (χ1v) is 9.27. The molecule has 7 heteroatoms. The lowest BCUT2D eigenvalue weighted by atomic mass is 10.2. The van der Waals surface area contributed by atoms with Crippen molar-refractivity contribution in [3.8, 4) is 5.75 Å². The third-order valence-electron chi connectivity index (χ3n) is 4.31. The summed E-state index contributed by atoms with van der Waals surface area (Å²) in [6.45, 7) is 4.04. The zero-order valence-corrected chi connectivity index (χ0v) is 15.8. The number of piperazine rings is 1. The molecule has 0 unspecified atom stereocenters. The zero-order chi connectivity index (χ0) is 18.9.